The van der Waals surface area contributed by atoms with Gasteiger partial charge in [-0.1, -0.05) is 20.8 Å². The van der Waals surface area contributed by atoms with Gasteiger partial charge in [-0.2, -0.15) is 5.06 Å². The largest absolute Gasteiger partial charge is 0.412 e. The summed E-state index contributed by atoms with van der Waals surface area (Å²) in [7, 11) is 1.51. The molecule has 0 bridgehead atoms. The average Bonchev–Trinajstić information content (AvgIpc) is 2.68. The Morgan fingerprint density at radius 3 is 2.29 bits per heavy atom. The lowest BCUT2D eigenvalue weighted by Crippen LogP contribution is -2.44. The zero-order chi connectivity index (χ0) is 16.3. The highest BCUT2D eigenvalue weighted by Crippen LogP contribution is 2.39. The summed E-state index contributed by atoms with van der Waals surface area (Å²) in [5.41, 5.74) is 0. The van der Waals surface area contributed by atoms with Crippen molar-refractivity contribution in [1.29, 1.82) is 0 Å². The van der Waals surface area contributed by atoms with Crippen LogP contribution in [-0.4, -0.2) is 57.8 Å². The standard InChI is InChI=1S/C15H33NO4Si/c1-15(2,3)21(6,7)20-13-10-12(16(17)11-13)8-9-14(18-4)19-5/h12-14,17H,8-11H2,1-7H3/t12-,13+/m0/s1. The third-order valence-electron chi connectivity index (χ3n) is 4.88. The molecule has 6 heteroatoms. The molecule has 0 unspecified atom stereocenters. The summed E-state index contributed by atoms with van der Waals surface area (Å²) in [6.07, 6.45) is 2.44. The lowest BCUT2D eigenvalue weighted by atomic mass is 10.1. The van der Waals surface area contributed by atoms with Gasteiger partial charge >= 0.3 is 0 Å². The van der Waals surface area contributed by atoms with Crippen LogP contribution in [0.1, 0.15) is 40.0 Å². The zero-order valence-corrected chi connectivity index (χ0v) is 15.7. The van der Waals surface area contributed by atoms with Crippen molar-refractivity contribution in [3.63, 3.8) is 0 Å². The van der Waals surface area contributed by atoms with Gasteiger partial charge in [0.25, 0.3) is 0 Å². The van der Waals surface area contributed by atoms with Crippen LogP contribution in [0.25, 0.3) is 0 Å². The van der Waals surface area contributed by atoms with Gasteiger partial charge in [0.05, 0.1) is 6.10 Å². The van der Waals surface area contributed by atoms with Gasteiger partial charge in [0.2, 0.25) is 0 Å². The first-order valence-electron chi connectivity index (χ1n) is 7.79. The predicted molar refractivity (Wildman–Crippen MR) is 86.0 cm³/mol. The van der Waals surface area contributed by atoms with Gasteiger partial charge < -0.3 is 19.1 Å². The smallest absolute Gasteiger partial charge is 0.192 e. The van der Waals surface area contributed by atoms with E-state index in [2.05, 4.69) is 33.9 Å². The lowest BCUT2D eigenvalue weighted by molar-refractivity contribution is -0.129. The van der Waals surface area contributed by atoms with Crippen LogP contribution < -0.4 is 0 Å². The van der Waals surface area contributed by atoms with Gasteiger partial charge in [0.15, 0.2) is 14.6 Å². The maximum atomic E-state index is 10.1. The molecule has 1 fully saturated rings. The third kappa shape index (κ3) is 5.30. The molecule has 0 spiro atoms. The van der Waals surface area contributed by atoms with Crippen LogP contribution in [0.4, 0.5) is 0 Å². The van der Waals surface area contributed by atoms with Crippen LogP contribution in [0.3, 0.4) is 0 Å². The van der Waals surface area contributed by atoms with Crippen LogP contribution >= 0.6 is 0 Å². The second-order valence-electron chi connectivity index (χ2n) is 7.49. The molecular formula is C15H33NO4Si. The van der Waals surface area contributed by atoms with Gasteiger partial charge in [0.1, 0.15) is 0 Å². The predicted octanol–water partition coefficient (Wildman–Crippen LogP) is 3.24. The van der Waals surface area contributed by atoms with Crippen LogP contribution in [-0.2, 0) is 13.9 Å². The van der Waals surface area contributed by atoms with E-state index in [1.54, 1.807) is 14.2 Å². The Morgan fingerprint density at radius 1 is 1.24 bits per heavy atom. The Hall–Kier alpha value is 0.0169. The van der Waals surface area contributed by atoms with Crippen LogP contribution in [0.5, 0.6) is 0 Å². The Bertz CT molecular complexity index is 315. The van der Waals surface area contributed by atoms with E-state index < -0.39 is 8.32 Å². The molecule has 0 aromatic carbocycles. The fraction of sp³-hybridized carbons (Fsp3) is 1.00. The molecule has 1 heterocycles. The average molecular weight is 320 g/mol. The van der Waals surface area contributed by atoms with Crippen molar-refractivity contribution in [2.45, 2.75) is 76.6 Å². The van der Waals surface area contributed by atoms with Crippen molar-refractivity contribution in [3.05, 3.63) is 0 Å². The molecule has 1 aliphatic heterocycles. The van der Waals surface area contributed by atoms with Crippen molar-refractivity contribution in [2.75, 3.05) is 20.8 Å². The Balaban J connectivity index is 2.49. The molecule has 5 nitrogen and oxygen atoms in total. The molecule has 0 aromatic rings. The normalized spacial score (nSPS) is 25.0. The molecule has 0 aliphatic carbocycles. The minimum atomic E-state index is -1.77. The number of ether oxygens (including phenoxy) is 2. The number of methoxy groups -OCH3 is 2. The maximum absolute atomic E-state index is 10.1. The van der Waals surface area contributed by atoms with E-state index in [-0.39, 0.29) is 23.5 Å². The van der Waals surface area contributed by atoms with E-state index in [9.17, 15) is 5.21 Å². The zero-order valence-electron chi connectivity index (χ0n) is 14.7. The summed E-state index contributed by atoms with van der Waals surface area (Å²) >= 11 is 0. The topological polar surface area (TPSA) is 51.2 Å². The number of hydroxylamine groups is 2. The summed E-state index contributed by atoms with van der Waals surface area (Å²) < 4.78 is 16.8. The van der Waals surface area contributed by atoms with E-state index >= 15 is 0 Å². The summed E-state index contributed by atoms with van der Waals surface area (Å²) in [4.78, 5) is 0. The highest BCUT2D eigenvalue weighted by Gasteiger charge is 2.42. The van der Waals surface area contributed by atoms with Gasteiger partial charge in [0, 0.05) is 26.8 Å². The first-order chi connectivity index (χ1) is 9.60. The summed E-state index contributed by atoms with van der Waals surface area (Å²) in [6.45, 7) is 11.8. The summed E-state index contributed by atoms with van der Waals surface area (Å²) in [5.74, 6) is 0. The van der Waals surface area contributed by atoms with Crippen LogP contribution in [0.15, 0.2) is 0 Å². The molecule has 21 heavy (non-hydrogen) atoms. The minimum absolute atomic E-state index is 0.129. The molecule has 2 atom stereocenters. The monoisotopic (exact) mass is 319 g/mol. The SMILES string of the molecule is COC(CC[C@H]1C[C@@H](O[Si](C)(C)C(C)(C)C)CN1O)OC. The maximum Gasteiger partial charge on any atom is 0.192 e. The fourth-order valence-electron chi connectivity index (χ4n) is 2.46. The summed E-state index contributed by atoms with van der Waals surface area (Å²) in [6, 6.07) is 0.132. The number of nitrogens with zero attached hydrogens (tertiary/aromatic N) is 1. The van der Waals surface area contributed by atoms with Crippen LogP contribution in [0.2, 0.25) is 18.1 Å². The van der Waals surface area contributed by atoms with Crippen LogP contribution in [0, 0.1) is 0 Å². The lowest BCUT2D eigenvalue weighted by Gasteiger charge is -2.38. The first-order valence-corrected chi connectivity index (χ1v) is 10.7. The Morgan fingerprint density at radius 2 is 1.81 bits per heavy atom. The minimum Gasteiger partial charge on any atom is -0.412 e. The first kappa shape index (κ1) is 19.1. The number of rotatable bonds is 7. The van der Waals surface area contributed by atoms with E-state index in [1.165, 1.54) is 5.06 Å². The van der Waals surface area contributed by atoms with Crippen molar-refractivity contribution < 1.29 is 19.1 Å². The molecule has 0 saturated carbocycles. The van der Waals surface area contributed by atoms with Gasteiger partial charge in [-0.05, 0) is 37.4 Å². The van der Waals surface area contributed by atoms with Crippen molar-refractivity contribution in [2.24, 2.45) is 0 Å². The highest BCUT2D eigenvalue weighted by molar-refractivity contribution is 6.74. The van der Waals surface area contributed by atoms with E-state index in [4.69, 9.17) is 13.9 Å². The molecular weight excluding hydrogens is 286 g/mol. The molecule has 126 valence electrons. The molecule has 1 aliphatic rings. The highest BCUT2D eigenvalue weighted by atomic mass is 28.4. The quantitative estimate of drug-likeness (QED) is 0.577. The number of hydrogen-bond donors (Lipinski definition) is 1. The number of hydrogen-bond acceptors (Lipinski definition) is 5. The van der Waals surface area contributed by atoms with E-state index in [0.29, 0.717) is 6.54 Å². The third-order valence-corrected chi connectivity index (χ3v) is 9.41. The van der Waals surface area contributed by atoms with Gasteiger partial charge in [-0.25, -0.2) is 0 Å². The molecule has 1 N–H and O–H groups in total. The summed E-state index contributed by atoms with van der Waals surface area (Å²) in [5, 5.41) is 11.7. The molecule has 0 aromatic heterocycles. The van der Waals surface area contributed by atoms with E-state index in [1.807, 2.05) is 0 Å². The fourth-order valence-corrected chi connectivity index (χ4v) is 3.82. The molecule has 0 amide bonds. The van der Waals surface area contributed by atoms with Crippen molar-refractivity contribution >= 4 is 8.32 Å². The van der Waals surface area contributed by atoms with Crippen molar-refractivity contribution in [3.8, 4) is 0 Å². The molecule has 1 saturated heterocycles. The second-order valence-corrected chi connectivity index (χ2v) is 12.2. The van der Waals surface area contributed by atoms with Gasteiger partial charge in [-0.3, -0.25) is 0 Å². The second kappa shape index (κ2) is 7.52. The van der Waals surface area contributed by atoms with Crippen molar-refractivity contribution in [1.82, 2.24) is 5.06 Å². The Labute approximate surface area is 130 Å². The Kier molecular flexibility index (Phi) is 6.83. The van der Waals surface area contributed by atoms with E-state index in [0.717, 1.165) is 19.3 Å². The molecule has 1 rings (SSSR count). The van der Waals surface area contributed by atoms with Gasteiger partial charge in [-0.15, -0.1) is 0 Å². The molecule has 0 radical (unpaired) electrons.